The fourth-order valence-corrected chi connectivity index (χ4v) is 3.39. The second-order valence-electron chi connectivity index (χ2n) is 5.93. The predicted octanol–water partition coefficient (Wildman–Crippen LogP) is 3.81. The lowest BCUT2D eigenvalue weighted by Crippen LogP contribution is -2.30. The van der Waals surface area contributed by atoms with E-state index < -0.39 is 0 Å². The minimum atomic E-state index is -0.0763. The van der Waals surface area contributed by atoms with E-state index in [4.69, 9.17) is 9.15 Å². The van der Waals surface area contributed by atoms with Gasteiger partial charge in [-0.2, -0.15) is 0 Å². The zero-order chi connectivity index (χ0) is 16.5. The molecule has 1 amide bonds. The second-order valence-corrected chi connectivity index (χ2v) is 5.93. The second kappa shape index (κ2) is 6.00. The van der Waals surface area contributed by atoms with Gasteiger partial charge < -0.3 is 14.1 Å². The maximum Gasteiger partial charge on any atom is 0.290 e. The van der Waals surface area contributed by atoms with Gasteiger partial charge in [-0.3, -0.25) is 9.78 Å². The summed E-state index contributed by atoms with van der Waals surface area (Å²) in [4.78, 5) is 18.9. The van der Waals surface area contributed by atoms with E-state index in [1.54, 1.807) is 25.6 Å². The highest BCUT2D eigenvalue weighted by Crippen LogP contribution is 2.35. The molecule has 5 heteroatoms. The molecule has 4 rings (SSSR count). The molecule has 0 aliphatic carbocycles. The first kappa shape index (κ1) is 14.8. The molecule has 24 heavy (non-hydrogen) atoms. The number of hydrogen-bond donors (Lipinski definition) is 0. The van der Waals surface area contributed by atoms with Crippen LogP contribution in [0.25, 0.3) is 11.0 Å². The quantitative estimate of drug-likeness (QED) is 0.736. The van der Waals surface area contributed by atoms with Gasteiger partial charge in [0.2, 0.25) is 0 Å². The minimum absolute atomic E-state index is 0.0763. The van der Waals surface area contributed by atoms with Crippen LogP contribution in [0.4, 0.5) is 0 Å². The number of furan rings is 1. The maximum absolute atomic E-state index is 13.0. The van der Waals surface area contributed by atoms with Crippen LogP contribution >= 0.6 is 0 Å². The van der Waals surface area contributed by atoms with Crippen molar-refractivity contribution in [3.63, 3.8) is 0 Å². The lowest BCUT2D eigenvalue weighted by molar-refractivity contribution is 0.0705. The summed E-state index contributed by atoms with van der Waals surface area (Å²) in [5, 5.41) is 0.873. The number of fused-ring (bicyclic) bond motifs is 1. The molecule has 1 aromatic carbocycles. The van der Waals surface area contributed by atoms with Crippen LogP contribution in [0.1, 0.15) is 35.0 Å². The molecule has 1 unspecified atom stereocenters. The van der Waals surface area contributed by atoms with Crippen LogP contribution < -0.4 is 4.74 Å². The van der Waals surface area contributed by atoms with Gasteiger partial charge in [0.05, 0.1) is 13.2 Å². The van der Waals surface area contributed by atoms with Crippen molar-refractivity contribution in [1.82, 2.24) is 9.88 Å². The van der Waals surface area contributed by atoms with Gasteiger partial charge in [-0.25, -0.2) is 0 Å². The summed E-state index contributed by atoms with van der Waals surface area (Å²) in [5.41, 5.74) is 1.73. The topological polar surface area (TPSA) is 55.6 Å². The number of pyridine rings is 1. The number of ether oxygens (including phenoxy) is 1. The third-order valence-electron chi connectivity index (χ3n) is 4.54. The zero-order valence-electron chi connectivity index (χ0n) is 13.4. The third kappa shape index (κ3) is 2.42. The van der Waals surface area contributed by atoms with Crippen molar-refractivity contribution in [2.24, 2.45) is 0 Å². The normalized spacial score (nSPS) is 17.4. The highest BCUT2D eigenvalue weighted by atomic mass is 16.5. The Balaban J connectivity index is 1.68. The molecule has 0 saturated carbocycles. The Morgan fingerprint density at radius 2 is 2.12 bits per heavy atom. The summed E-state index contributed by atoms with van der Waals surface area (Å²) in [6, 6.07) is 11.5. The lowest BCUT2D eigenvalue weighted by atomic mass is 10.1. The molecule has 1 aliphatic heterocycles. The van der Waals surface area contributed by atoms with E-state index in [-0.39, 0.29) is 11.9 Å². The van der Waals surface area contributed by atoms with Crippen LogP contribution in [0.15, 0.2) is 53.2 Å². The van der Waals surface area contributed by atoms with Crippen molar-refractivity contribution in [2.75, 3.05) is 13.7 Å². The molecule has 3 aromatic rings. The Hall–Kier alpha value is -2.82. The summed E-state index contributed by atoms with van der Waals surface area (Å²) in [6.07, 6.45) is 5.48. The van der Waals surface area contributed by atoms with Crippen molar-refractivity contribution >= 4 is 16.9 Å². The lowest BCUT2D eigenvalue weighted by Gasteiger charge is -2.24. The number of nitrogens with zero attached hydrogens (tertiary/aromatic N) is 2. The first-order valence-corrected chi connectivity index (χ1v) is 8.05. The molecule has 2 aromatic heterocycles. The number of carbonyl (C=O) groups excluding carboxylic acids is 1. The van der Waals surface area contributed by atoms with Gasteiger partial charge in [-0.05, 0) is 42.7 Å². The van der Waals surface area contributed by atoms with E-state index in [2.05, 4.69) is 4.98 Å². The number of carbonyl (C=O) groups is 1. The fourth-order valence-electron chi connectivity index (χ4n) is 3.39. The molecule has 1 saturated heterocycles. The molecule has 5 nitrogen and oxygen atoms in total. The number of likely N-dealkylation sites (tertiary alicyclic amines) is 1. The van der Waals surface area contributed by atoms with Gasteiger partial charge in [-0.1, -0.05) is 12.1 Å². The maximum atomic E-state index is 13.0. The van der Waals surface area contributed by atoms with Crippen molar-refractivity contribution in [2.45, 2.75) is 18.9 Å². The molecular formula is C19H18N2O3. The van der Waals surface area contributed by atoms with Crippen LogP contribution in [-0.4, -0.2) is 29.4 Å². The van der Waals surface area contributed by atoms with Gasteiger partial charge in [0.15, 0.2) is 17.1 Å². The number of para-hydroxylation sites is 1. The van der Waals surface area contributed by atoms with Gasteiger partial charge in [0.1, 0.15) is 0 Å². The number of hydrogen-bond acceptors (Lipinski definition) is 4. The summed E-state index contributed by atoms with van der Waals surface area (Å²) in [7, 11) is 1.60. The number of methoxy groups -OCH3 is 1. The van der Waals surface area contributed by atoms with Crippen LogP contribution in [0.2, 0.25) is 0 Å². The van der Waals surface area contributed by atoms with E-state index >= 15 is 0 Å². The summed E-state index contributed by atoms with van der Waals surface area (Å²) < 4.78 is 11.1. The van der Waals surface area contributed by atoms with E-state index in [0.717, 1.165) is 30.3 Å². The van der Waals surface area contributed by atoms with E-state index in [0.29, 0.717) is 17.1 Å². The summed E-state index contributed by atoms with van der Waals surface area (Å²) >= 11 is 0. The SMILES string of the molecule is COc1cccc2cc(C(=O)N3CCCC3c3ccncc3)oc12. The number of aromatic nitrogens is 1. The van der Waals surface area contributed by atoms with Crippen molar-refractivity contribution in [3.05, 3.63) is 60.1 Å². The summed E-state index contributed by atoms with van der Waals surface area (Å²) in [6.45, 7) is 0.736. The first-order chi connectivity index (χ1) is 11.8. The fraction of sp³-hybridized carbons (Fsp3) is 0.263. The molecule has 1 fully saturated rings. The summed E-state index contributed by atoms with van der Waals surface area (Å²) in [5.74, 6) is 0.918. The molecular weight excluding hydrogens is 304 g/mol. The van der Waals surface area contributed by atoms with Gasteiger partial charge in [0, 0.05) is 24.3 Å². The van der Waals surface area contributed by atoms with Crippen molar-refractivity contribution < 1.29 is 13.9 Å². The predicted molar refractivity (Wildman–Crippen MR) is 90.0 cm³/mol. The van der Waals surface area contributed by atoms with Crippen molar-refractivity contribution in [3.8, 4) is 5.75 Å². The van der Waals surface area contributed by atoms with E-state index in [1.165, 1.54) is 0 Å². The van der Waals surface area contributed by atoms with Crippen LogP contribution in [0.3, 0.4) is 0 Å². The Morgan fingerprint density at radius 1 is 1.29 bits per heavy atom. The highest BCUT2D eigenvalue weighted by Gasteiger charge is 2.32. The average Bonchev–Trinajstić information content (AvgIpc) is 3.28. The number of amides is 1. The largest absolute Gasteiger partial charge is 0.493 e. The van der Waals surface area contributed by atoms with E-state index in [9.17, 15) is 4.79 Å². The van der Waals surface area contributed by atoms with Crippen LogP contribution in [0, 0.1) is 0 Å². The molecule has 3 heterocycles. The van der Waals surface area contributed by atoms with Gasteiger partial charge in [0.25, 0.3) is 5.91 Å². The zero-order valence-corrected chi connectivity index (χ0v) is 13.4. The van der Waals surface area contributed by atoms with Crippen LogP contribution in [-0.2, 0) is 0 Å². The molecule has 0 radical (unpaired) electrons. The average molecular weight is 322 g/mol. The van der Waals surface area contributed by atoms with Crippen molar-refractivity contribution in [1.29, 1.82) is 0 Å². The Bertz CT molecular complexity index is 873. The smallest absolute Gasteiger partial charge is 0.290 e. The van der Waals surface area contributed by atoms with Crippen LogP contribution in [0.5, 0.6) is 5.75 Å². The molecule has 1 atom stereocenters. The number of rotatable bonds is 3. The molecule has 0 bridgehead atoms. The molecule has 122 valence electrons. The first-order valence-electron chi connectivity index (χ1n) is 8.05. The van der Waals surface area contributed by atoms with Gasteiger partial charge in [-0.15, -0.1) is 0 Å². The molecule has 0 N–H and O–H groups in total. The standard InChI is InChI=1S/C19H18N2O3/c1-23-16-6-2-4-14-12-17(24-18(14)16)19(22)21-11-3-5-15(21)13-7-9-20-10-8-13/h2,4,6-10,12,15H,3,5,11H2,1H3. The third-order valence-corrected chi connectivity index (χ3v) is 4.54. The Kier molecular flexibility index (Phi) is 3.69. The van der Waals surface area contributed by atoms with E-state index in [1.807, 2.05) is 35.2 Å². The number of benzene rings is 1. The van der Waals surface area contributed by atoms with Gasteiger partial charge >= 0.3 is 0 Å². The minimum Gasteiger partial charge on any atom is -0.493 e. The molecule has 0 spiro atoms. The monoisotopic (exact) mass is 322 g/mol. The highest BCUT2D eigenvalue weighted by molar-refractivity contribution is 5.97. The Labute approximate surface area is 139 Å². The molecule has 1 aliphatic rings. The Morgan fingerprint density at radius 3 is 2.92 bits per heavy atom.